The molecular formula is C26H31Cl2N3O2. The van der Waals surface area contributed by atoms with Gasteiger partial charge in [-0.2, -0.15) is 0 Å². The molecule has 33 heavy (non-hydrogen) atoms. The molecule has 0 aromatic heterocycles. The molecule has 0 unspecified atom stereocenters. The van der Waals surface area contributed by atoms with Crippen LogP contribution in [0.2, 0.25) is 10.0 Å². The number of halogens is 2. The minimum absolute atomic E-state index is 0.0220. The minimum atomic E-state index is -0.643. The number of benzene rings is 2. The summed E-state index contributed by atoms with van der Waals surface area (Å²) in [6.45, 7) is 8.73. The highest BCUT2D eigenvalue weighted by Crippen LogP contribution is 2.34. The number of aliphatic imine (C=N–C) groups is 1. The summed E-state index contributed by atoms with van der Waals surface area (Å²) >= 11 is 12.9. The van der Waals surface area contributed by atoms with Gasteiger partial charge in [0.25, 0.3) is 5.91 Å². The van der Waals surface area contributed by atoms with Crippen LogP contribution in [0.15, 0.2) is 47.5 Å². The molecule has 1 N–H and O–H groups in total. The van der Waals surface area contributed by atoms with E-state index in [9.17, 15) is 9.59 Å². The Morgan fingerprint density at radius 2 is 1.85 bits per heavy atom. The molecule has 1 aliphatic rings. The van der Waals surface area contributed by atoms with Crippen molar-refractivity contribution in [2.75, 3.05) is 18.0 Å². The Bertz CT molecular complexity index is 1050. The van der Waals surface area contributed by atoms with Crippen molar-refractivity contribution in [3.8, 4) is 0 Å². The van der Waals surface area contributed by atoms with Crippen LogP contribution in [0.25, 0.3) is 0 Å². The van der Waals surface area contributed by atoms with E-state index in [2.05, 4.69) is 19.2 Å². The summed E-state index contributed by atoms with van der Waals surface area (Å²) in [6.07, 6.45) is 1.64. The second-order valence-electron chi connectivity index (χ2n) is 8.91. The molecule has 0 saturated heterocycles. The van der Waals surface area contributed by atoms with Gasteiger partial charge < -0.3 is 10.2 Å². The molecule has 0 aliphatic carbocycles. The zero-order valence-electron chi connectivity index (χ0n) is 19.6. The van der Waals surface area contributed by atoms with Crippen molar-refractivity contribution in [3.63, 3.8) is 0 Å². The third kappa shape index (κ3) is 5.96. The van der Waals surface area contributed by atoms with Gasteiger partial charge >= 0.3 is 0 Å². The molecule has 0 radical (unpaired) electrons. The minimum Gasteiger partial charge on any atom is -0.355 e. The molecule has 2 amide bonds. The van der Waals surface area contributed by atoms with Gasteiger partial charge in [-0.25, -0.2) is 0 Å². The fourth-order valence-corrected chi connectivity index (χ4v) is 4.20. The first kappa shape index (κ1) is 25.3. The fourth-order valence-electron chi connectivity index (χ4n) is 3.80. The summed E-state index contributed by atoms with van der Waals surface area (Å²) in [6, 6.07) is 12.1. The fraction of sp³-hybridized carbons (Fsp3) is 0.423. The SMILES string of the molecule is CC[C@H](C)[C@H]1N=C(c2ccccc2Cl)c2cc(Cl)ccc2N(CC(=O)NCCC(C)C)C1=O. The molecule has 2 atom stereocenters. The van der Waals surface area contributed by atoms with Gasteiger partial charge in [0.2, 0.25) is 5.91 Å². The predicted octanol–water partition coefficient (Wildman–Crippen LogP) is 5.75. The van der Waals surface area contributed by atoms with Gasteiger partial charge in [0, 0.05) is 27.7 Å². The van der Waals surface area contributed by atoms with Gasteiger partial charge in [0.1, 0.15) is 12.6 Å². The van der Waals surface area contributed by atoms with Gasteiger partial charge in [-0.1, -0.05) is 75.5 Å². The Kier molecular flexibility index (Phi) is 8.55. The van der Waals surface area contributed by atoms with E-state index in [0.717, 1.165) is 18.4 Å². The van der Waals surface area contributed by atoms with E-state index < -0.39 is 6.04 Å². The van der Waals surface area contributed by atoms with Crippen LogP contribution in [-0.2, 0) is 9.59 Å². The summed E-state index contributed by atoms with van der Waals surface area (Å²) in [4.78, 5) is 33.0. The number of anilines is 1. The summed E-state index contributed by atoms with van der Waals surface area (Å²) in [5, 5.41) is 3.99. The van der Waals surface area contributed by atoms with Crippen molar-refractivity contribution < 1.29 is 9.59 Å². The molecule has 7 heteroatoms. The molecule has 1 heterocycles. The maximum Gasteiger partial charge on any atom is 0.252 e. The molecule has 0 fully saturated rings. The highest BCUT2D eigenvalue weighted by Gasteiger charge is 2.36. The molecule has 0 spiro atoms. The van der Waals surface area contributed by atoms with Crippen molar-refractivity contribution in [2.45, 2.75) is 46.6 Å². The first-order valence-corrected chi connectivity index (χ1v) is 12.2. The summed E-state index contributed by atoms with van der Waals surface area (Å²) in [5.74, 6) is 0.0589. The smallest absolute Gasteiger partial charge is 0.252 e. The Balaban J connectivity index is 2.10. The second-order valence-corrected chi connectivity index (χ2v) is 9.75. The maximum atomic E-state index is 13.7. The highest BCUT2D eigenvalue weighted by molar-refractivity contribution is 6.37. The predicted molar refractivity (Wildman–Crippen MR) is 137 cm³/mol. The van der Waals surface area contributed by atoms with Crippen molar-refractivity contribution in [3.05, 3.63) is 63.6 Å². The third-order valence-corrected chi connectivity index (χ3v) is 6.51. The number of nitrogens with one attached hydrogen (secondary N) is 1. The number of benzodiazepines with no additional fused rings is 1. The lowest BCUT2D eigenvalue weighted by Crippen LogP contribution is -2.46. The van der Waals surface area contributed by atoms with Crippen molar-refractivity contribution in [2.24, 2.45) is 16.8 Å². The van der Waals surface area contributed by atoms with Crippen LogP contribution in [0.5, 0.6) is 0 Å². The van der Waals surface area contributed by atoms with Crippen molar-refractivity contribution in [1.29, 1.82) is 0 Å². The molecule has 0 saturated carbocycles. The van der Waals surface area contributed by atoms with Gasteiger partial charge in [0.15, 0.2) is 0 Å². The molecule has 5 nitrogen and oxygen atoms in total. The average Bonchev–Trinajstić information content (AvgIpc) is 2.88. The number of carbonyl (C=O) groups excluding carboxylic acids is 2. The van der Waals surface area contributed by atoms with Gasteiger partial charge in [0.05, 0.1) is 11.4 Å². The topological polar surface area (TPSA) is 61.8 Å². The van der Waals surface area contributed by atoms with E-state index in [4.69, 9.17) is 28.2 Å². The van der Waals surface area contributed by atoms with Crippen LogP contribution in [0.4, 0.5) is 5.69 Å². The van der Waals surface area contributed by atoms with Crippen LogP contribution in [-0.4, -0.2) is 36.7 Å². The quantitative estimate of drug-likeness (QED) is 0.514. The van der Waals surface area contributed by atoms with Crippen LogP contribution in [0.3, 0.4) is 0 Å². The average molecular weight is 488 g/mol. The zero-order chi connectivity index (χ0) is 24.1. The van der Waals surface area contributed by atoms with E-state index in [0.29, 0.717) is 39.5 Å². The van der Waals surface area contributed by atoms with Gasteiger partial charge in [-0.3, -0.25) is 14.6 Å². The Morgan fingerprint density at radius 1 is 1.12 bits per heavy atom. The number of hydrogen-bond donors (Lipinski definition) is 1. The number of rotatable bonds is 8. The van der Waals surface area contributed by atoms with E-state index in [1.54, 1.807) is 29.2 Å². The van der Waals surface area contributed by atoms with Crippen LogP contribution in [0.1, 0.15) is 51.7 Å². The first-order valence-electron chi connectivity index (χ1n) is 11.4. The Hall–Kier alpha value is -2.37. The second kappa shape index (κ2) is 11.2. The maximum absolute atomic E-state index is 13.7. The largest absolute Gasteiger partial charge is 0.355 e. The van der Waals surface area contributed by atoms with E-state index in [-0.39, 0.29) is 24.3 Å². The van der Waals surface area contributed by atoms with Crippen molar-refractivity contribution in [1.82, 2.24) is 5.32 Å². The first-order chi connectivity index (χ1) is 15.7. The number of nitrogens with zero attached hydrogens (tertiary/aromatic N) is 2. The molecular weight excluding hydrogens is 457 g/mol. The Labute approximate surface area is 206 Å². The molecule has 3 rings (SSSR count). The van der Waals surface area contributed by atoms with E-state index in [1.807, 2.05) is 32.0 Å². The normalized spacial score (nSPS) is 16.8. The summed E-state index contributed by atoms with van der Waals surface area (Å²) < 4.78 is 0. The lowest BCUT2D eigenvalue weighted by molar-refractivity contribution is -0.125. The van der Waals surface area contributed by atoms with E-state index in [1.165, 1.54) is 0 Å². The van der Waals surface area contributed by atoms with Crippen LogP contribution >= 0.6 is 23.2 Å². The van der Waals surface area contributed by atoms with Crippen molar-refractivity contribution >= 4 is 46.4 Å². The summed E-state index contributed by atoms with van der Waals surface area (Å²) in [5.41, 5.74) is 2.63. The number of amides is 2. The summed E-state index contributed by atoms with van der Waals surface area (Å²) in [7, 11) is 0. The van der Waals surface area contributed by atoms with Gasteiger partial charge in [-0.05, 0) is 42.5 Å². The lowest BCUT2D eigenvalue weighted by Gasteiger charge is -2.26. The molecule has 2 aromatic rings. The van der Waals surface area contributed by atoms with Crippen LogP contribution in [0, 0.1) is 11.8 Å². The van der Waals surface area contributed by atoms with E-state index >= 15 is 0 Å². The van der Waals surface area contributed by atoms with Gasteiger partial charge in [-0.15, -0.1) is 0 Å². The number of carbonyl (C=O) groups is 2. The standard InChI is InChI=1S/C26H31Cl2N3O2/c1-5-17(4)24-26(33)31(15-23(32)29-13-12-16(2)3)22-11-10-18(27)14-20(22)25(30-24)19-8-6-7-9-21(19)28/h6-11,14,16-17,24H,5,12-13,15H2,1-4H3,(H,29,32)/t17-,24+/m0/s1. The highest BCUT2D eigenvalue weighted by atomic mass is 35.5. The lowest BCUT2D eigenvalue weighted by atomic mass is 9.97. The molecule has 2 aromatic carbocycles. The molecule has 1 aliphatic heterocycles. The number of fused-ring (bicyclic) bond motifs is 1. The zero-order valence-corrected chi connectivity index (χ0v) is 21.1. The number of hydrogen-bond acceptors (Lipinski definition) is 3. The molecule has 0 bridgehead atoms. The monoisotopic (exact) mass is 487 g/mol. The molecule has 176 valence electrons. The Morgan fingerprint density at radius 3 is 2.52 bits per heavy atom. The van der Waals surface area contributed by atoms with Crippen LogP contribution < -0.4 is 10.2 Å². The third-order valence-electron chi connectivity index (χ3n) is 5.95.